The van der Waals surface area contributed by atoms with Gasteiger partial charge < -0.3 is 10.5 Å². The molecule has 1 fully saturated rings. The molecule has 1 aliphatic carbocycles. The molecule has 0 amide bonds. The van der Waals surface area contributed by atoms with Crippen LogP contribution >= 0.6 is 0 Å². The SMILES string of the molecule is CCOC[C@]1(CN)[C@H](c2ccc(CC)cc2)[C@@H]1S(=O)(=O)c1ccccc1. The van der Waals surface area contributed by atoms with Gasteiger partial charge in [-0.05, 0) is 36.6 Å². The molecule has 3 rings (SSSR count). The van der Waals surface area contributed by atoms with E-state index in [1.54, 1.807) is 24.3 Å². The van der Waals surface area contributed by atoms with Gasteiger partial charge in [0.25, 0.3) is 0 Å². The van der Waals surface area contributed by atoms with Gasteiger partial charge in [0.05, 0.1) is 16.8 Å². The van der Waals surface area contributed by atoms with Crippen molar-refractivity contribution in [2.75, 3.05) is 19.8 Å². The fourth-order valence-electron chi connectivity index (χ4n) is 3.93. The third-order valence-electron chi connectivity index (χ3n) is 5.49. The van der Waals surface area contributed by atoms with Gasteiger partial charge in [-0.25, -0.2) is 8.42 Å². The van der Waals surface area contributed by atoms with Crippen LogP contribution in [0.5, 0.6) is 0 Å². The Bertz CT molecular complexity index is 833. The van der Waals surface area contributed by atoms with Gasteiger partial charge >= 0.3 is 0 Å². The lowest BCUT2D eigenvalue weighted by molar-refractivity contribution is 0.101. The number of rotatable bonds is 8. The Labute approximate surface area is 156 Å². The third-order valence-corrected chi connectivity index (χ3v) is 7.83. The highest BCUT2D eigenvalue weighted by molar-refractivity contribution is 7.92. The maximum atomic E-state index is 13.3. The summed E-state index contributed by atoms with van der Waals surface area (Å²) in [4.78, 5) is 0.354. The van der Waals surface area contributed by atoms with Crippen molar-refractivity contribution >= 4 is 9.84 Å². The molecule has 2 aromatic carbocycles. The average molecular weight is 374 g/mol. The van der Waals surface area contributed by atoms with Crippen LogP contribution in [0.2, 0.25) is 0 Å². The second-order valence-corrected chi connectivity index (χ2v) is 9.00. The summed E-state index contributed by atoms with van der Waals surface area (Å²) < 4.78 is 32.3. The van der Waals surface area contributed by atoms with Crippen LogP contribution in [0.4, 0.5) is 0 Å². The Balaban J connectivity index is 2.02. The molecule has 2 aromatic rings. The minimum absolute atomic E-state index is 0.143. The number of nitrogens with two attached hydrogens (primary N) is 1. The molecule has 4 nitrogen and oxygen atoms in total. The van der Waals surface area contributed by atoms with E-state index in [-0.39, 0.29) is 12.5 Å². The van der Waals surface area contributed by atoms with Crippen molar-refractivity contribution < 1.29 is 13.2 Å². The van der Waals surface area contributed by atoms with Gasteiger partial charge in [-0.3, -0.25) is 0 Å². The summed E-state index contributed by atoms with van der Waals surface area (Å²) >= 11 is 0. The molecule has 2 N–H and O–H groups in total. The van der Waals surface area contributed by atoms with E-state index in [4.69, 9.17) is 10.5 Å². The number of hydrogen-bond donors (Lipinski definition) is 1. The molecule has 0 bridgehead atoms. The quantitative estimate of drug-likeness (QED) is 0.772. The Morgan fingerprint density at radius 3 is 2.23 bits per heavy atom. The predicted molar refractivity (Wildman–Crippen MR) is 104 cm³/mol. The first kappa shape index (κ1) is 19.1. The molecule has 0 aliphatic heterocycles. The highest BCUT2D eigenvalue weighted by Gasteiger charge is 2.70. The van der Waals surface area contributed by atoms with Gasteiger partial charge in [0, 0.05) is 24.5 Å². The first-order valence-corrected chi connectivity index (χ1v) is 10.7. The molecule has 1 aliphatic rings. The number of benzene rings is 2. The Morgan fingerprint density at radius 2 is 1.69 bits per heavy atom. The molecular formula is C21H27NO3S. The molecule has 0 unspecified atom stereocenters. The molecule has 0 spiro atoms. The Kier molecular flexibility index (Phi) is 5.51. The van der Waals surface area contributed by atoms with Crippen LogP contribution in [0.15, 0.2) is 59.5 Å². The van der Waals surface area contributed by atoms with Gasteiger partial charge in [0.2, 0.25) is 0 Å². The summed E-state index contributed by atoms with van der Waals surface area (Å²) in [6.45, 7) is 5.20. The second-order valence-electron chi connectivity index (χ2n) is 6.93. The van der Waals surface area contributed by atoms with Gasteiger partial charge in [-0.2, -0.15) is 0 Å². The summed E-state index contributed by atoms with van der Waals surface area (Å²) in [7, 11) is -3.49. The second kappa shape index (κ2) is 7.51. The fraction of sp³-hybridized carbons (Fsp3) is 0.429. The lowest BCUT2D eigenvalue weighted by Crippen LogP contribution is -2.29. The zero-order chi connectivity index (χ0) is 18.8. The molecule has 0 radical (unpaired) electrons. The van der Waals surface area contributed by atoms with Gasteiger partial charge in [0.1, 0.15) is 0 Å². The molecule has 0 heterocycles. The van der Waals surface area contributed by atoms with Crippen molar-refractivity contribution in [3.05, 3.63) is 65.7 Å². The highest BCUT2D eigenvalue weighted by atomic mass is 32.2. The summed E-state index contributed by atoms with van der Waals surface area (Å²) in [5.74, 6) is -0.143. The molecule has 5 heteroatoms. The van der Waals surface area contributed by atoms with Crippen molar-refractivity contribution in [1.29, 1.82) is 0 Å². The molecule has 26 heavy (non-hydrogen) atoms. The number of aryl methyl sites for hydroxylation is 1. The van der Waals surface area contributed by atoms with Crippen LogP contribution in [0.1, 0.15) is 30.9 Å². The molecule has 0 aromatic heterocycles. The first-order valence-electron chi connectivity index (χ1n) is 9.17. The zero-order valence-corrected chi connectivity index (χ0v) is 16.2. The first-order chi connectivity index (χ1) is 12.5. The van der Waals surface area contributed by atoms with E-state index in [2.05, 4.69) is 19.1 Å². The van der Waals surface area contributed by atoms with Crippen molar-refractivity contribution in [2.24, 2.45) is 11.1 Å². The fourth-order valence-corrected chi connectivity index (χ4v) is 6.40. The van der Waals surface area contributed by atoms with Crippen molar-refractivity contribution in [1.82, 2.24) is 0 Å². The van der Waals surface area contributed by atoms with Crippen LogP contribution in [-0.4, -0.2) is 33.4 Å². The van der Waals surface area contributed by atoms with E-state index in [0.29, 0.717) is 18.1 Å². The predicted octanol–water partition coefficient (Wildman–Crippen LogP) is 3.17. The molecular weight excluding hydrogens is 346 g/mol. The number of hydrogen-bond acceptors (Lipinski definition) is 4. The van der Waals surface area contributed by atoms with Crippen LogP contribution in [0.3, 0.4) is 0 Å². The minimum atomic E-state index is -3.49. The Hall–Kier alpha value is -1.69. The van der Waals surface area contributed by atoms with Crippen LogP contribution in [-0.2, 0) is 21.0 Å². The lowest BCUT2D eigenvalue weighted by atomic mass is 9.99. The van der Waals surface area contributed by atoms with Crippen molar-refractivity contribution in [2.45, 2.75) is 36.3 Å². The van der Waals surface area contributed by atoms with E-state index in [1.165, 1.54) is 5.56 Å². The van der Waals surface area contributed by atoms with Crippen LogP contribution < -0.4 is 5.73 Å². The lowest BCUT2D eigenvalue weighted by Gasteiger charge is -2.16. The highest BCUT2D eigenvalue weighted by Crippen LogP contribution is 2.63. The van der Waals surface area contributed by atoms with E-state index in [1.807, 2.05) is 25.1 Å². The zero-order valence-electron chi connectivity index (χ0n) is 15.4. The van der Waals surface area contributed by atoms with Crippen LogP contribution in [0.25, 0.3) is 0 Å². The van der Waals surface area contributed by atoms with Gasteiger partial charge in [-0.1, -0.05) is 49.4 Å². The summed E-state index contributed by atoms with van der Waals surface area (Å²) in [5.41, 5.74) is 7.80. The standard InChI is InChI=1S/C21H27NO3S/c1-3-16-10-12-17(13-11-16)19-20(21(19,14-22)15-25-4-2)26(23,24)18-8-6-5-7-9-18/h5-13,19-20H,3-4,14-15,22H2,1-2H3/t19-,20+,21-/m1/s1. The van der Waals surface area contributed by atoms with E-state index >= 15 is 0 Å². The maximum absolute atomic E-state index is 13.3. The van der Waals surface area contributed by atoms with Crippen LogP contribution in [0, 0.1) is 5.41 Å². The van der Waals surface area contributed by atoms with E-state index in [9.17, 15) is 8.42 Å². The van der Waals surface area contributed by atoms with Crippen molar-refractivity contribution in [3.8, 4) is 0 Å². The topological polar surface area (TPSA) is 69.4 Å². The average Bonchev–Trinajstić information content (AvgIpc) is 3.37. The molecule has 1 saturated carbocycles. The maximum Gasteiger partial charge on any atom is 0.182 e. The van der Waals surface area contributed by atoms with E-state index < -0.39 is 20.5 Å². The van der Waals surface area contributed by atoms with Gasteiger partial charge in [-0.15, -0.1) is 0 Å². The number of sulfone groups is 1. The Morgan fingerprint density at radius 1 is 1.04 bits per heavy atom. The summed E-state index contributed by atoms with van der Waals surface area (Å²) in [5, 5.41) is -0.554. The monoisotopic (exact) mass is 373 g/mol. The van der Waals surface area contributed by atoms with Crippen molar-refractivity contribution in [3.63, 3.8) is 0 Å². The normalized spacial score (nSPS) is 25.2. The minimum Gasteiger partial charge on any atom is -0.381 e. The summed E-state index contributed by atoms with van der Waals surface area (Å²) in [6, 6.07) is 16.9. The summed E-state index contributed by atoms with van der Waals surface area (Å²) in [6.07, 6.45) is 0.956. The smallest absolute Gasteiger partial charge is 0.182 e. The van der Waals surface area contributed by atoms with Gasteiger partial charge in [0.15, 0.2) is 9.84 Å². The molecule has 3 atom stereocenters. The largest absolute Gasteiger partial charge is 0.381 e. The third kappa shape index (κ3) is 3.20. The number of ether oxygens (including phenoxy) is 1. The molecule has 140 valence electrons. The molecule has 0 saturated heterocycles. The van der Waals surface area contributed by atoms with E-state index in [0.717, 1.165) is 12.0 Å².